The number of benzene rings is 1. The van der Waals surface area contributed by atoms with Crippen molar-refractivity contribution < 1.29 is 9.53 Å². The average Bonchev–Trinajstić information content (AvgIpc) is 2.88. The van der Waals surface area contributed by atoms with E-state index in [1.165, 1.54) is 31.7 Å². The Balaban J connectivity index is 1.39. The van der Waals surface area contributed by atoms with E-state index >= 15 is 0 Å². The standard InChI is InChI=1S/C26H42N4O2/c1-21-6-7-24-23(16-21)17-30(22(2)31)20-26(32-24)8-10-28(11-9-26)18-25(3,4)19-29-14-12-27(5)13-15-29/h6-7,16H,8-15,17-20H2,1-5H3. The largest absolute Gasteiger partial charge is 0.485 e. The topological polar surface area (TPSA) is 39.3 Å². The lowest BCUT2D eigenvalue weighted by atomic mass is 9.87. The van der Waals surface area contributed by atoms with Crippen LogP contribution >= 0.6 is 0 Å². The molecule has 3 aliphatic heterocycles. The van der Waals surface area contributed by atoms with Gasteiger partial charge in [-0.05, 0) is 25.5 Å². The number of hydrogen-bond acceptors (Lipinski definition) is 5. The number of piperidine rings is 1. The number of carbonyl (C=O) groups is 1. The first-order valence-corrected chi connectivity index (χ1v) is 12.3. The van der Waals surface area contributed by atoms with E-state index < -0.39 is 0 Å². The molecule has 3 heterocycles. The van der Waals surface area contributed by atoms with Gasteiger partial charge in [-0.3, -0.25) is 4.79 Å². The molecule has 0 N–H and O–H groups in total. The molecule has 3 aliphatic rings. The van der Waals surface area contributed by atoms with Crippen LogP contribution in [0.1, 0.15) is 44.7 Å². The van der Waals surface area contributed by atoms with Crippen molar-refractivity contribution in [3.05, 3.63) is 29.3 Å². The Morgan fingerprint density at radius 3 is 2.28 bits per heavy atom. The minimum Gasteiger partial charge on any atom is -0.485 e. The normalized spacial score (nSPS) is 23.0. The highest BCUT2D eigenvalue weighted by Gasteiger charge is 2.42. The zero-order valence-electron chi connectivity index (χ0n) is 20.8. The Hall–Kier alpha value is -1.63. The van der Waals surface area contributed by atoms with E-state index in [1.807, 2.05) is 4.90 Å². The molecule has 6 nitrogen and oxygen atoms in total. The van der Waals surface area contributed by atoms with Crippen molar-refractivity contribution in [3.63, 3.8) is 0 Å². The number of piperazine rings is 1. The highest BCUT2D eigenvalue weighted by Crippen LogP contribution is 2.36. The molecule has 0 unspecified atom stereocenters. The summed E-state index contributed by atoms with van der Waals surface area (Å²) in [4.78, 5) is 22.0. The fourth-order valence-electron chi connectivity index (χ4n) is 5.67. The molecule has 0 saturated carbocycles. The van der Waals surface area contributed by atoms with Crippen molar-refractivity contribution in [3.8, 4) is 5.75 Å². The SMILES string of the molecule is CC(=O)N1Cc2cc(C)ccc2OC2(CCN(CC(C)(C)CN3CCN(C)CC3)CC2)C1. The number of rotatable bonds is 4. The summed E-state index contributed by atoms with van der Waals surface area (Å²) in [5.74, 6) is 1.10. The summed E-state index contributed by atoms with van der Waals surface area (Å²) in [6, 6.07) is 6.38. The molecule has 2 fully saturated rings. The Labute approximate surface area is 194 Å². The smallest absolute Gasteiger partial charge is 0.219 e. The van der Waals surface area contributed by atoms with Gasteiger partial charge in [-0.15, -0.1) is 0 Å². The fraction of sp³-hybridized carbons (Fsp3) is 0.731. The Bertz CT molecular complexity index is 808. The highest BCUT2D eigenvalue weighted by molar-refractivity contribution is 5.73. The van der Waals surface area contributed by atoms with E-state index in [9.17, 15) is 4.79 Å². The molecule has 0 bridgehead atoms. The van der Waals surface area contributed by atoms with Gasteiger partial charge in [0.15, 0.2) is 0 Å². The second kappa shape index (κ2) is 9.32. The summed E-state index contributed by atoms with van der Waals surface area (Å²) in [5, 5.41) is 0. The van der Waals surface area contributed by atoms with Crippen LogP contribution in [0.15, 0.2) is 18.2 Å². The van der Waals surface area contributed by atoms with Crippen molar-refractivity contribution in [2.45, 2.75) is 52.7 Å². The maximum Gasteiger partial charge on any atom is 0.219 e. The molecule has 1 aromatic rings. The lowest BCUT2D eigenvalue weighted by molar-refractivity contribution is -0.133. The molecule has 1 aromatic carbocycles. The molecular weight excluding hydrogens is 400 g/mol. The van der Waals surface area contributed by atoms with Gasteiger partial charge in [0.25, 0.3) is 0 Å². The molecule has 0 radical (unpaired) electrons. The van der Waals surface area contributed by atoms with Crippen molar-refractivity contribution in [2.24, 2.45) is 5.41 Å². The summed E-state index contributed by atoms with van der Waals surface area (Å²) >= 11 is 0. The predicted octanol–water partition coefficient (Wildman–Crippen LogP) is 2.84. The molecule has 32 heavy (non-hydrogen) atoms. The van der Waals surface area contributed by atoms with Gasteiger partial charge in [-0.25, -0.2) is 0 Å². The number of aryl methyl sites for hydroxylation is 1. The predicted molar refractivity (Wildman–Crippen MR) is 129 cm³/mol. The van der Waals surface area contributed by atoms with E-state index in [0.29, 0.717) is 13.1 Å². The zero-order chi connectivity index (χ0) is 22.9. The fourth-order valence-corrected chi connectivity index (χ4v) is 5.67. The van der Waals surface area contributed by atoms with Crippen LogP contribution in [0.5, 0.6) is 5.75 Å². The van der Waals surface area contributed by atoms with Crippen LogP contribution in [-0.4, -0.2) is 97.1 Å². The summed E-state index contributed by atoms with van der Waals surface area (Å²) in [6.45, 7) is 19.0. The molecule has 0 atom stereocenters. The summed E-state index contributed by atoms with van der Waals surface area (Å²) in [7, 11) is 2.22. The number of hydrogen-bond donors (Lipinski definition) is 0. The molecule has 2 saturated heterocycles. The number of nitrogens with zero attached hydrogens (tertiary/aromatic N) is 4. The van der Waals surface area contributed by atoms with E-state index in [0.717, 1.165) is 50.3 Å². The first-order chi connectivity index (χ1) is 15.1. The first kappa shape index (κ1) is 23.5. The lowest BCUT2D eigenvalue weighted by Gasteiger charge is -2.45. The minimum atomic E-state index is -0.274. The maximum absolute atomic E-state index is 12.4. The molecule has 1 spiro atoms. The number of carbonyl (C=O) groups excluding carboxylic acids is 1. The summed E-state index contributed by atoms with van der Waals surface area (Å²) in [6.07, 6.45) is 1.93. The van der Waals surface area contributed by atoms with Gasteiger partial charge in [0, 0.05) is 84.2 Å². The third-order valence-electron chi connectivity index (χ3n) is 7.49. The lowest BCUT2D eigenvalue weighted by Crippen LogP contribution is -2.56. The van der Waals surface area contributed by atoms with Gasteiger partial charge in [-0.1, -0.05) is 31.5 Å². The third-order valence-corrected chi connectivity index (χ3v) is 7.49. The molecule has 178 valence electrons. The van der Waals surface area contributed by atoms with E-state index in [2.05, 4.69) is 60.7 Å². The Kier molecular flexibility index (Phi) is 6.85. The number of ether oxygens (including phenoxy) is 1. The molecule has 4 rings (SSSR count). The minimum absolute atomic E-state index is 0.137. The van der Waals surface area contributed by atoms with E-state index in [-0.39, 0.29) is 16.9 Å². The quantitative estimate of drug-likeness (QED) is 0.717. The number of fused-ring (bicyclic) bond motifs is 1. The Morgan fingerprint density at radius 2 is 1.66 bits per heavy atom. The van der Waals surface area contributed by atoms with Crippen LogP contribution in [0.3, 0.4) is 0 Å². The van der Waals surface area contributed by atoms with Gasteiger partial charge in [0.05, 0.1) is 6.54 Å². The van der Waals surface area contributed by atoms with Crippen molar-refractivity contribution in [1.82, 2.24) is 19.6 Å². The Morgan fingerprint density at radius 1 is 1.03 bits per heavy atom. The third kappa shape index (κ3) is 5.64. The van der Waals surface area contributed by atoms with Crippen LogP contribution in [0.25, 0.3) is 0 Å². The first-order valence-electron chi connectivity index (χ1n) is 12.3. The highest BCUT2D eigenvalue weighted by atomic mass is 16.5. The number of likely N-dealkylation sites (tertiary alicyclic amines) is 1. The van der Waals surface area contributed by atoms with Crippen molar-refractivity contribution in [1.29, 1.82) is 0 Å². The number of likely N-dealkylation sites (N-methyl/N-ethyl adjacent to an activating group) is 1. The van der Waals surface area contributed by atoms with Crippen LogP contribution in [0.4, 0.5) is 0 Å². The van der Waals surface area contributed by atoms with Crippen LogP contribution in [0, 0.1) is 12.3 Å². The molecule has 0 aliphatic carbocycles. The van der Waals surface area contributed by atoms with E-state index in [4.69, 9.17) is 4.74 Å². The van der Waals surface area contributed by atoms with Gasteiger partial charge in [0.1, 0.15) is 11.4 Å². The van der Waals surface area contributed by atoms with Crippen LogP contribution in [0.2, 0.25) is 0 Å². The second-order valence-electron chi connectivity index (χ2n) is 11.3. The average molecular weight is 443 g/mol. The molecule has 6 heteroatoms. The van der Waals surface area contributed by atoms with Crippen molar-refractivity contribution in [2.75, 3.05) is 66.0 Å². The van der Waals surface area contributed by atoms with E-state index in [1.54, 1.807) is 6.92 Å². The molecule has 0 aromatic heterocycles. The van der Waals surface area contributed by atoms with Crippen LogP contribution in [-0.2, 0) is 11.3 Å². The second-order valence-corrected chi connectivity index (χ2v) is 11.3. The summed E-state index contributed by atoms with van der Waals surface area (Å²) < 4.78 is 6.70. The van der Waals surface area contributed by atoms with Gasteiger partial charge in [0.2, 0.25) is 5.91 Å². The van der Waals surface area contributed by atoms with Gasteiger partial charge in [-0.2, -0.15) is 0 Å². The maximum atomic E-state index is 12.4. The van der Waals surface area contributed by atoms with Gasteiger partial charge >= 0.3 is 0 Å². The monoisotopic (exact) mass is 442 g/mol. The molecular formula is C26H42N4O2. The zero-order valence-corrected chi connectivity index (χ0v) is 20.8. The molecule has 1 amide bonds. The van der Waals surface area contributed by atoms with Crippen LogP contribution < -0.4 is 4.74 Å². The van der Waals surface area contributed by atoms with Crippen molar-refractivity contribution >= 4 is 5.91 Å². The summed E-state index contributed by atoms with van der Waals surface area (Å²) in [5.41, 5.74) is 2.34. The van der Waals surface area contributed by atoms with Gasteiger partial charge < -0.3 is 24.3 Å². The number of amides is 1.